The van der Waals surface area contributed by atoms with Gasteiger partial charge in [-0.3, -0.25) is 9.88 Å². The van der Waals surface area contributed by atoms with Gasteiger partial charge in [0.1, 0.15) is 0 Å². The van der Waals surface area contributed by atoms with Crippen molar-refractivity contribution in [2.45, 2.75) is 25.5 Å². The molecule has 0 bridgehead atoms. The highest BCUT2D eigenvalue weighted by Crippen LogP contribution is 2.27. The van der Waals surface area contributed by atoms with Crippen LogP contribution < -0.4 is 5.73 Å². The van der Waals surface area contributed by atoms with Crippen molar-refractivity contribution in [2.75, 3.05) is 26.2 Å². The molecule has 1 atom stereocenters. The van der Waals surface area contributed by atoms with Gasteiger partial charge in [0.15, 0.2) is 0 Å². The Hall–Kier alpha value is -1.49. The number of nitrogens with zero attached hydrogens (tertiary/aromatic N) is 2. The van der Waals surface area contributed by atoms with E-state index in [4.69, 9.17) is 10.5 Å². The predicted molar refractivity (Wildman–Crippen MR) is 85.1 cm³/mol. The van der Waals surface area contributed by atoms with Gasteiger partial charge in [-0.25, -0.2) is 0 Å². The van der Waals surface area contributed by atoms with Crippen LogP contribution >= 0.6 is 0 Å². The molecular formula is C17H23N3O. The second kappa shape index (κ2) is 5.72. The van der Waals surface area contributed by atoms with Crippen LogP contribution in [0.3, 0.4) is 0 Å². The van der Waals surface area contributed by atoms with Crippen molar-refractivity contribution >= 4 is 10.9 Å². The van der Waals surface area contributed by atoms with Gasteiger partial charge < -0.3 is 10.5 Å². The van der Waals surface area contributed by atoms with Crippen molar-refractivity contribution in [3.63, 3.8) is 0 Å². The fourth-order valence-electron chi connectivity index (χ4n) is 3.12. The fraction of sp³-hybridized carbons (Fsp3) is 0.471. The summed E-state index contributed by atoms with van der Waals surface area (Å²) in [6, 6.07) is 10.7. The van der Waals surface area contributed by atoms with Crippen LogP contribution in [0, 0.1) is 0 Å². The number of fused-ring (bicyclic) bond motifs is 1. The molecule has 1 aliphatic heterocycles. The van der Waals surface area contributed by atoms with Gasteiger partial charge in [0.2, 0.25) is 0 Å². The molecule has 1 fully saturated rings. The Kier molecular flexibility index (Phi) is 3.93. The van der Waals surface area contributed by atoms with E-state index in [2.05, 4.69) is 48.0 Å². The van der Waals surface area contributed by atoms with E-state index in [-0.39, 0.29) is 11.6 Å². The molecule has 0 amide bonds. The molecule has 112 valence electrons. The van der Waals surface area contributed by atoms with Crippen LogP contribution in [0.2, 0.25) is 0 Å². The van der Waals surface area contributed by atoms with E-state index in [0.29, 0.717) is 6.54 Å². The van der Waals surface area contributed by atoms with Gasteiger partial charge >= 0.3 is 0 Å². The predicted octanol–water partition coefficient (Wildman–Crippen LogP) is 2.35. The average molecular weight is 285 g/mol. The largest absolute Gasteiger partial charge is 0.373 e. The van der Waals surface area contributed by atoms with Gasteiger partial charge in [-0.05, 0) is 37.6 Å². The lowest BCUT2D eigenvalue weighted by Gasteiger charge is -2.42. The first-order chi connectivity index (χ1) is 10.1. The zero-order valence-corrected chi connectivity index (χ0v) is 12.7. The standard InChI is InChI=1S/C17H23N3O/c1-17(2)12-20(8-9-21-17)16(11-18)14-5-6-15-13(10-14)4-3-7-19-15/h3-7,10,16H,8-9,11-12,18H2,1-2H3. The molecule has 4 heteroatoms. The Labute approximate surface area is 125 Å². The van der Waals surface area contributed by atoms with Crippen LogP contribution in [0.5, 0.6) is 0 Å². The van der Waals surface area contributed by atoms with Crippen LogP contribution in [-0.4, -0.2) is 41.7 Å². The molecule has 0 aliphatic carbocycles. The van der Waals surface area contributed by atoms with Gasteiger partial charge in [0.05, 0.1) is 17.7 Å². The summed E-state index contributed by atoms with van der Waals surface area (Å²) in [5.74, 6) is 0. The van der Waals surface area contributed by atoms with Crippen LogP contribution in [0.4, 0.5) is 0 Å². The zero-order chi connectivity index (χ0) is 14.9. The highest BCUT2D eigenvalue weighted by atomic mass is 16.5. The highest BCUT2D eigenvalue weighted by Gasteiger charge is 2.31. The molecule has 1 aromatic heterocycles. The molecule has 1 unspecified atom stereocenters. The molecule has 0 radical (unpaired) electrons. The Balaban J connectivity index is 1.90. The van der Waals surface area contributed by atoms with Crippen molar-refractivity contribution in [1.29, 1.82) is 0 Å². The van der Waals surface area contributed by atoms with Crippen molar-refractivity contribution in [3.05, 3.63) is 42.1 Å². The lowest BCUT2D eigenvalue weighted by atomic mass is 9.99. The highest BCUT2D eigenvalue weighted by molar-refractivity contribution is 5.79. The molecule has 2 heterocycles. The van der Waals surface area contributed by atoms with E-state index >= 15 is 0 Å². The molecule has 2 N–H and O–H groups in total. The number of hydrogen-bond donors (Lipinski definition) is 1. The minimum Gasteiger partial charge on any atom is -0.373 e. The number of aromatic nitrogens is 1. The molecule has 1 aliphatic rings. The molecule has 0 spiro atoms. The van der Waals surface area contributed by atoms with Gasteiger partial charge in [-0.15, -0.1) is 0 Å². The molecule has 21 heavy (non-hydrogen) atoms. The fourth-order valence-corrected chi connectivity index (χ4v) is 3.12. The van der Waals surface area contributed by atoms with Crippen molar-refractivity contribution < 1.29 is 4.74 Å². The van der Waals surface area contributed by atoms with E-state index in [1.165, 1.54) is 10.9 Å². The molecule has 1 saturated heterocycles. The Morgan fingerprint density at radius 3 is 3.00 bits per heavy atom. The summed E-state index contributed by atoms with van der Waals surface area (Å²) in [5, 5.41) is 1.17. The third-order valence-electron chi connectivity index (χ3n) is 4.13. The summed E-state index contributed by atoms with van der Waals surface area (Å²) >= 11 is 0. The summed E-state index contributed by atoms with van der Waals surface area (Å²) < 4.78 is 5.80. The number of rotatable bonds is 3. The average Bonchev–Trinajstić information content (AvgIpc) is 2.47. The van der Waals surface area contributed by atoms with E-state index in [0.717, 1.165) is 25.2 Å². The molecule has 2 aromatic rings. The number of nitrogens with two attached hydrogens (primary N) is 1. The monoisotopic (exact) mass is 285 g/mol. The van der Waals surface area contributed by atoms with Gasteiger partial charge in [-0.1, -0.05) is 12.1 Å². The number of morpholine rings is 1. The lowest BCUT2D eigenvalue weighted by Crippen LogP contribution is -2.50. The molecular weight excluding hydrogens is 262 g/mol. The third kappa shape index (κ3) is 3.07. The smallest absolute Gasteiger partial charge is 0.0753 e. The second-order valence-electron chi connectivity index (χ2n) is 6.29. The second-order valence-corrected chi connectivity index (χ2v) is 6.29. The normalized spacial score (nSPS) is 20.5. The molecule has 4 nitrogen and oxygen atoms in total. The van der Waals surface area contributed by atoms with Crippen molar-refractivity contribution in [3.8, 4) is 0 Å². The molecule has 0 saturated carbocycles. The van der Waals surface area contributed by atoms with Crippen molar-refractivity contribution in [2.24, 2.45) is 5.73 Å². The molecule has 3 rings (SSSR count). The Morgan fingerprint density at radius 2 is 2.24 bits per heavy atom. The maximum absolute atomic E-state index is 6.07. The van der Waals surface area contributed by atoms with Crippen LogP contribution in [-0.2, 0) is 4.74 Å². The van der Waals surface area contributed by atoms with E-state index < -0.39 is 0 Å². The first kappa shape index (κ1) is 14.4. The minimum absolute atomic E-state index is 0.107. The van der Waals surface area contributed by atoms with Gasteiger partial charge in [0.25, 0.3) is 0 Å². The number of benzene rings is 1. The van der Waals surface area contributed by atoms with E-state index in [9.17, 15) is 0 Å². The molecule has 1 aromatic carbocycles. The minimum atomic E-state index is -0.107. The van der Waals surface area contributed by atoms with Gasteiger partial charge in [-0.2, -0.15) is 0 Å². The summed E-state index contributed by atoms with van der Waals surface area (Å²) in [6.07, 6.45) is 1.83. The summed E-state index contributed by atoms with van der Waals surface area (Å²) in [4.78, 5) is 6.81. The van der Waals surface area contributed by atoms with Crippen LogP contribution in [0.25, 0.3) is 10.9 Å². The summed E-state index contributed by atoms with van der Waals surface area (Å²) in [5.41, 5.74) is 8.25. The zero-order valence-electron chi connectivity index (χ0n) is 12.7. The maximum Gasteiger partial charge on any atom is 0.0753 e. The summed E-state index contributed by atoms with van der Waals surface area (Å²) in [6.45, 7) is 7.48. The lowest BCUT2D eigenvalue weighted by molar-refractivity contribution is -0.0967. The van der Waals surface area contributed by atoms with Crippen molar-refractivity contribution in [1.82, 2.24) is 9.88 Å². The number of hydrogen-bond acceptors (Lipinski definition) is 4. The SMILES string of the molecule is CC1(C)CN(C(CN)c2ccc3ncccc3c2)CCO1. The Bertz CT molecular complexity index is 626. The number of ether oxygens (including phenoxy) is 1. The quantitative estimate of drug-likeness (QED) is 0.940. The van der Waals surface area contributed by atoms with Crippen LogP contribution in [0.1, 0.15) is 25.5 Å². The first-order valence-corrected chi connectivity index (χ1v) is 7.52. The number of pyridine rings is 1. The summed E-state index contributed by atoms with van der Waals surface area (Å²) in [7, 11) is 0. The van der Waals surface area contributed by atoms with Gasteiger partial charge in [0, 0.05) is 37.3 Å². The topological polar surface area (TPSA) is 51.4 Å². The maximum atomic E-state index is 6.07. The third-order valence-corrected chi connectivity index (χ3v) is 4.13. The Morgan fingerprint density at radius 1 is 1.38 bits per heavy atom. The first-order valence-electron chi connectivity index (χ1n) is 7.52. The van der Waals surface area contributed by atoms with E-state index in [1.54, 1.807) is 0 Å². The van der Waals surface area contributed by atoms with E-state index in [1.807, 2.05) is 12.3 Å². The van der Waals surface area contributed by atoms with Crippen LogP contribution in [0.15, 0.2) is 36.5 Å².